The number of aromatic nitrogens is 2. The van der Waals surface area contributed by atoms with Gasteiger partial charge in [0.1, 0.15) is 11.6 Å². The lowest BCUT2D eigenvalue weighted by Crippen LogP contribution is -2.27. The molecule has 2 aliphatic rings. The Morgan fingerprint density at radius 1 is 0.792 bits per heavy atom. The summed E-state index contributed by atoms with van der Waals surface area (Å²) in [6, 6.07) is 6.95. The van der Waals surface area contributed by atoms with Crippen LogP contribution in [0.2, 0.25) is 0 Å². The first-order valence-electron chi connectivity index (χ1n) is 7.22. The van der Waals surface area contributed by atoms with E-state index < -0.39 is 0 Å². The highest BCUT2D eigenvalue weighted by molar-refractivity contribution is 6.55. The molecule has 8 nitrogen and oxygen atoms in total. The lowest BCUT2D eigenvalue weighted by atomic mass is 10.2. The number of carbonyl (C=O) groups is 2. The number of hydrogen-bond donors (Lipinski definition) is 0. The summed E-state index contributed by atoms with van der Waals surface area (Å²) in [5, 5.41) is 8.12. The van der Waals surface area contributed by atoms with Gasteiger partial charge in [0.05, 0.1) is 11.1 Å². The first-order chi connectivity index (χ1) is 11.6. The van der Waals surface area contributed by atoms with Gasteiger partial charge in [0, 0.05) is 26.5 Å². The summed E-state index contributed by atoms with van der Waals surface area (Å²) < 4.78 is 0. The molecule has 118 valence electrons. The molecule has 2 aromatic heterocycles. The number of rotatable bonds is 1. The van der Waals surface area contributed by atoms with Crippen LogP contribution in [0.25, 0.3) is 0 Å². The molecule has 0 unspecified atom stereocenters. The largest absolute Gasteiger partial charge is 0.294 e. The molecule has 0 radical (unpaired) electrons. The van der Waals surface area contributed by atoms with E-state index in [1.54, 1.807) is 50.8 Å². The number of amides is 2. The van der Waals surface area contributed by atoms with Crippen LogP contribution >= 0.6 is 0 Å². The van der Waals surface area contributed by atoms with Crippen molar-refractivity contribution < 1.29 is 9.59 Å². The molecule has 2 aliphatic heterocycles. The Morgan fingerprint density at radius 2 is 1.21 bits per heavy atom. The summed E-state index contributed by atoms with van der Waals surface area (Å²) in [5.74, 6) is 0.438. The summed E-state index contributed by atoms with van der Waals surface area (Å²) in [4.78, 5) is 35.8. The monoisotopic (exact) mass is 320 g/mol. The van der Waals surface area contributed by atoms with Crippen LogP contribution in [0.5, 0.6) is 0 Å². The molecular weight excluding hydrogens is 308 g/mol. The number of carbonyl (C=O) groups excluding carboxylic acids is 2. The first-order valence-corrected chi connectivity index (χ1v) is 7.22. The fourth-order valence-electron chi connectivity index (χ4n) is 2.73. The maximum atomic E-state index is 12.3. The average molecular weight is 320 g/mol. The second-order valence-electron chi connectivity index (χ2n) is 5.37. The summed E-state index contributed by atoms with van der Waals surface area (Å²) in [5.41, 5.74) is 1.53. The van der Waals surface area contributed by atoms with Gasteiger partial charge in [-0.25, -0.2) is 9.97 Å². The Bertz CT molecular complexity index is 872. The molecule has 4 rings (SSSR count). The topological polar surface area (TPSA) is 91.1 Å². The molecule has 2 aromatic rings. The Labute approximate surface area is 137 Å². The number of pyridine rings is 2. The second-order valence-corrected chi connectivity index (χ2v) is 5.37. The Morgan fingerprint density at radius 3 is 1.62 bits per heavy atom. The van der Waals surface area contributed by atoms with Gasteiger partial charge in [-0.3, -0.25) is 19.4 Å². The van der Waals surface area contributed by atoms with E-state index in [2.05, 4.69) is 20.2 Å². The number of nitrogens with zero attached hydrogens (tertiary/aromatic N) is 6. The summed E-state index contributed by atoms with van der Waals surface area (Å²) in [7, 11) is 3.25. The smallest absolute Gasteiger partial charge is 0.280 e. The van der Waals surface area contributed by atoms with Crippen LogP contribution < -0.4 is 9.80 Å². The highest BCUT2D eigenvalue weighted by atomic mass is 16.2. The van der Waals surface area contributed by atoms with Crippen molar-refractivity contribution in [3.8, 4) is 0 Å². The molecule has 0 aliphatic carbocycles. The number of anilines is 2. The van der Waals surface area contributed by atoms with Crippen LogP contribution in [0.3, 0.4) is 0 Å². The van der Waals surface area contributed by atoms with E-state index >= 15 is 0 Å². The molecule has 0 saturated heterocycles. The Hall–Kier alpha value is -3.42. The summed E-state index contributed by atoms with van der Waals surface area (Å²) in [6.07, 6.45) is 3.21. The predicted octanol–water partition coefficient (Wildman–Crippen LogP) is 0.623. The van der Waals surface area contributed by atoms with E-state index in [1.165, 1.54) is 9.80 Å². The predicted molar refractivity (Wildman–Crippen MR) is 88.4 cm³/mol. The van der Waals surface area contributed by atoms with Crippen LogP contribution in [0.15, 0.2) is 46.9 Å². The van der Waals surface area contributed by atoms with Gasteiger partial charge < -0.3 is 0 Å². The average Bonchev–Trinajstić information content (AvgIpc) is 3.00. The van der Waals surface area contributed by atoms with E-state index in [0.717, 1.165) is 0 Å². The van der Waals surface area contributed by atoms with Gasteiger partial charge in [0.25, 0.3) is 11.8 Å². The highest BCUT2D eigenvalue weighted by Gasteiger charge is 2.35. The zero-order valence-electron chi connectivity index (χ0n) is 13.0. The summed E-state index contributed by atoms with van der Waals surface area (Å²) in [6.45, 7) is 0. The summed E-state index contributed by atoms with van der Waals surface area (Å²) >= 11 is 0. The third kappa shape index (κ3) is 1.86. The lowest BCUT2D eigenvalue weighted by Gasteiger charge is -2.06. The van der Waals surface area contributed by atoms with Crippen LogP contribution in [-0.2, 0) is 9.59 Å². The molecule has 2 amide bonds. The van der Waals surface area contributed by atoms with Crippen molar-refractivity contribution in [2.24, 2.45) is 10.2 Å². The number of fused-ring (bicyclic) bond motifs is 2. The van der Waals surface area contributed by atoms with Crippen molar-refractivity contribution >= 4 is 34.9 Å². The maximum absolute atomic E-state index is 12.3. The van der Waals surface area contributed by atoms with E-state index in [1.807, 2.05) is 0 Å². The molecule has 0 spiro atoms. The minimum atomic E-state index is -0.307. The molecule has 0 N–H and O–H groups in total. The van der Waals surface area contributed by atoms with E-state index in [0.29, 0.717) is 22.8 Å². The molecule has 4 heterocycles. The molecule has 0 fully saturated rings. The standard InChI is InChI=1S/C16H12N6O2/c1-21-13-9(5-3-7-17-13)11(15(21)23)19-20-12-10-6-4-8-18-14(10)22(2)16(12)24/h3-8H,1-2H3. The zero-order chi connectivity index (χ0) is 16.8. The first kappa shape index (κ1) is 14.2. The SMILES string of the molecule is CN1C(=O)C(=NN=C2C(=O)N(C)c3ncccc32)c2cccnc21. The quantitative estimate of drug-likeness (QED) is 0.720. The molecule has 0 atom stereocenters. The van der Waals surface area contributed by atoms with E-state index in [4.69, 9.17) is 0 Å². The van der Waals surface area contributed by atoms with Gasteiger partial charge in [0.2, 0.25) is 0 Å². The number of hydrogen-bond acceptors (Lipinski definition) is 6. The van der Waals surface area contributed by atoms with Crippen LogP contribution in [-0.4, -0.2) is 47.3 Å². The number of likely N-dealkylation sites (N-methyl/N-ethyl adjacent to an activating group) is 2. The van der Waals surface area contributed by atoms with Crippen molar-refractivity contribution in [2.45, 2.75) is 0 Å². The molecule has 8 heteroatoms. The van der Waals surface area contributed by atoms with E-state index in [-0.39, 0.29) is 23.2 Å². The molecule has 0 bridgehead atoms. The van der Waals surface area contributed by atoms with Gasteiger partial charge in [-0.1, -0.05) is 0 Å². The van der Waals surface area contributed by atoms with Crippen LogP contribution in [0.4, 0.5) is 11.6 Å². The minimum absolute atomic E-state index is 0.167. The fraction of sp³-hybridized carbons (Fsp3) is 0.125. The molecule has 0 aromatic carbocycles. The van der Waals surface area contributed by atoms with E-state index in [9.17, 15) is 9.59 Å². The highest BCUT2D eigenvalue weighted by Crippen LogP contribution is 2.27. The van der Waals surface area contributed by atoms with Crippen LogP contribution in [0.1, 0.15) is 11.1 Å². The van der Waals surface area contributed by atoms with Crippen molar-refractivity contribution in [3.63, 3.8) is 0 Å². The van der Waals surface area contributed by atoms with Crippen molar-refractivity contribution in [1.29, 1.82) is 0 Å². The molecule has 24 heavy (non-hydrogen) atoms. The van der Waals surface area contributed by atoms with Gasteiger partial charge in [-0.05, 0) is 24.3 Å². The van der Waals surface area contributed by atoms with Crippen LogP contribution in [0, 0.1) is 0 Å². The third-order valence-electron chi connectivity index (χ3n) is 3.98. The lowest BCUT2D eigenvalue weighted by molar-refractivity contribution is -0.112. The van der Waals surface area contributed by atoms with Gasteiger partial charge in [-0.2, -0.15) is 0 Å². The van der Waals surface area contributed by atoms with Gasteiger partial charge in [-0.15, -0.1) is 10.2 Å². The van der Waals surface area contributed by atoms with Gasteiger partial charge >= 0.3 is 0 Å². The maximum Gasteiger partial charge on any atom is 0.280 e. The Balaban J connectivity index is 1.82. The zero-order valence-corrected chi connectivity index (χ0v) is 13.0. The molecular formula is C16H12N6O2. The third-order valence-corrected chi connectivity index (χ3v) is 3.98. The van der Waals surface area contributed by atoms with Crippen molar-refractivity contribution in [2.75, 3.05) is 23.9 Å². The van der Waals surface area contributed by atoms with Crippen molar-refractivity contribution in [1.82, 2.24) is 9.97 Å². The molecule has 0 saturated carbocycles. The minimum Gasteiger partial charge on any atom is -0.294 e. The second kappa shape index (κ2) is 5.05. The van der Waals surface area contributed by atoms with Crippen molar-refractivity contribution in [3.05, 3.63) is 47.8 Å². The fourth-order valence-corrected chi connectivity index (χ4v) is 2.73. The van der Waals surface area contributed by atoms with Gasteiger partial charge in [0.15, 0.2) is 11.4 Å². The normalized spacial score (nSPS) is 19.4. The Kier molecular flexibility index (Phi) is 2.99.